The maximum Gasteiger partial charge on any atom is 0.307 e. The van der Waals surface area contributed by atoms with Gasteiger partial charge in [-0.2, -0.15) is 0 Å². The molecule has 2 aromatic rings. The Morgan fingerprint density at radius 2 is 2.08 bits per heavy atom. The molecule has 2 saturated heterocycles. The number of nitrogens with one attached hydrogen (secondary N) is 1. The molecule has 0 spiro atoms. The van der Waals surface area contributed by atoms with Crippen LogP contribution in [0.25, 0.3) is 11.0 Å². The van der Waals surface area contributed by atoms with Crippen molar-refractivity contribution < 1.29 is 19.1 Å². The SMILES string of the molecule is O=C(O)Cc1cc(C2CCCN2)c2oc(N3CCOCC3)cc(=O)c2c1. The Morgan fingerprint density at radius 3 is 2.77 bits per heavy atom. The molecule has 0 bridgehead atoms. The van der Waals surface area contributed by atoms with Gasteiger partial charge in [-0.3, -0.25) is 9.59 Å². The number of nitrogens with zero attached hydrogens (tertiary/aromatic N) is 1. The summed E-state index contributed by atoms with van der Waals surface area (Å²) in [5.41, 5.74) is 1.93. The molecular formula is C19H22N2O5. The Labute approximate surface area is 150 Å². The second-order valence-electron chi connectivity index (χ2n) is 6.83. The number of hydrogen-bond donors (Lipinski definition) is 2. The lowest BCUT2D eigenvalue weighted by Gasteiger charge is -2.27. The van der Waals surface area contributed by atoms with Gasteiger partial charge in [0.15, 0.2) is 11.3 Å². The van der Waals surface area contributed by atoms with Crippen molar-refractivity contribution in [3.8, 4) is 0 Å². The Morgan fingerprint density at radius 1 is 1.27 bits per heavy atom. The van der Waals surface area contributed by atoms with E-state index in [1.54, 1.807) is 6.07 Å². The molecule has 26 heavy (non-hydrogen) atoms. The molecule has 2 N–H and O–H groups in total. The van der Waals surface area contributed by atoms with Crippen LogP contribution in [0.4, 0.5) is 5.88 Å². The van der Waals surface area contributed by atoms with Crippen molar-refractivity contribution in [1.29, 1.82) is 0 Å². The molecule has 2 aliphatic rings. The molecule has 1 aromatic heterocycles. The predicted molar refractivity (Wildman–Crippen MR) is 96.8 cm³/mol. The molecule has 0 amide bonds. The Balaban J connectivity index is 1.86. The van der Waals surface area contributed by atoms with Crippen LogP contribution in [-0.4, -0.2) is 43.9 Å². The summed E-state index contributed by atoms with van der Waals surface area (Å²) < 4.78 is 11.5. The lowest BCUT2D eigenvalue weighted by molar-refractivity contribution is -0.136. The van der Waals surface area contributed by atoms with E-state index >= 15 is 0 Å². The molecule has 7 nitrogen and oxygen atoms in total. The van der Waals surface area contributed by atoms with E-state index in [9.17, 15) is 9.59 Å². The maximum atomic E-state index is 12.8. The van der Waals surface area contributed by atoms with Gasteiger partial charge in [0.2, 0.25) is 0 Å². The van der Waals surface area contributed by atoms with Crippen LogP contribution >= 0.6 is 0 Å². The van der Waals surface area contributed by atoms with Gasteiger partial charge in [0, 0.05) is 30.8 Å². The van der Waals surface area contributed by atoms with Gasteiger partial charge >= 0.3 is 5.97 Å². The van der Waals surface area contributed by atoms with E-state index < -0.39 is 5.97 Å². The van der Waals surface area contributed by atoms with E-state index in [4.69, 9.17) is 14.3 Å². The van der Waals surface area contributed by atoms with Crippen LogP contribution in [0, 0.1) is 0 Å². The number of morpholine rings is 1. The minimum atomic E-state index is -0.913. The van der Waals surface area contributed by atoms with E-state index in [0.29, 0.717) is 48.7 Å². The number of carboxylic acids is 1. The summed E-state index contributed by atoms with van der Waals surface area (Å²) in [6.07, 6.45) is 1.88. The zero-order valence-corrected chi connectivity index (χ0v) is 14.5. The van der Waals surface area contributed by atoms with Crippen LogP contribution in [0.3, 0.4) is 0 Å². The standard InChI is InChI=1S/C19H22N2O5/c22-16-11-17(21-4-6-25-7-5-21)26-19-13(15-2-1-3-20-15)8-12(9-14(16)19)10-18(23)24/h8-9,11,15,20H,1-7,10H2,(H,23,24). The van der Waals surface area contributed by atoms with Crippen molar-refractivity contribution in [3.63, 3.8) is 0 Å². The first kappa shape index (κ1) is 17.1. The monoisotopic (exact) mass is 358 g/mol. The summed E-state index contributed by atoms with van der Waals surface area (Å²) in [6.45, 7) is 3.49. The highest BCUT2D eigenvalue weighted by molar-refractivity contribution is 5.84. The van der Waals surface area contributed by atoms with Gasteiger partial charge in [0.1, 0.15) is 5.58 Å². The number of hydrogen-bond acceptors (Lipinski definition) is 6. The first-order valence-electron chi connectivity index (χ1n) is 9.00. The number of ether oxygens (including phenoxy) is 1. The van der Waals surface area contributed by atoms with Crippen LogP contribution in [0.2, 0.25) is 0 Å². The first-order valence-corrected chi connectivity index (χ1v) is 9.00. The summed E-state index contributed by atoms with van der Waals surface area (Å²) in [7, 11) is 0. The average Bonchev–Trinajstić information content (AvgIpc) is 3.16. The molecule has 4 rings (SSSR count). The van der Waals surface area contributed by atoms with Crippen LogP contribution in [0.5, 0.6) is 0 Å². The molecule has 0 saturated carbocycles. The maximum absolute atomic E-state index is 12.8. The minimum absolute atomic E-state index is 0.0781. The zero-order chi connectivity index (χ0) is 18.1. The highest BCUT2D eigenvalue weighted by atomic mass is 16.5. The number of carbonyl (C=O) groups is 1. The summed E-state index contributed by atoms with van der Waals surface area (Å²) >= 11 is 0. The van der Waals surface area contributed by atoms with Crippen molar-refractivity contribution in [2.75, 3.05) is 37.7 Å². The molecule has 2 fully saturated rings. The van der Waals surface area contributed by atoms with E-state index in [1.165, 1.54) is 6.07 Å². The summed E-state index contributed by atoms with van der Waals surface area (Å²) in [4.78, 5) is 25.9. The number of carboxylic acid groups (broad SMARTS) is 1. The smallest absolute Gasteiger partial charge is 0.307 e. The molecule has 1 unspecified atom stereocenters. The molecular weight excluding hydrogens is 336 g/mol. The Kier molecular flexibility index (Phi) is 4.65. The Hall–Kier alpha value is -2.38. The van der Waals surface area contributed by atoms with Gasteiger partial charge in [-0.05, 0) is 37.1 Å². The van der Waals surface area contributed by atoms with Gasteiger partial charge < -0.3 is 24.5 Å². The minimum Gasteiger partial charge on any atom is -0.481 e. The topological polar surface area (TPSA) is 92.0 Å². The van der Waals surface area contributed by atoms with Crippen LogP contribution in [0.1, 0.15) is 30.0 Å². The summed E-state index contributed by atoms with van der Waals surface area (Å²) in [5, 5.41) is 13.0. The second-order valence-corrected chi connectivity index (χ2v) is 6.83. The molecule has 0 aliphatic carbocycles. The highest BCUT2D eigenvalue weighted by Crippen LogP contribution is 2.32. The fraction of sp³-hybridized carbons (Fsp3) is 0.474. The third-order valence-electron chi connectivity index (χ3n) is 5.02. The average molecular weight is 358 g/mol. The third-order valence-corrected chi connectivity index (χ3v) is 5.02. The number of fused-ring (bicyclic) bond motifs is 1. The zero-order valence-electron chi connectivity index (χ0n) is 14.5. The van der Waals surface area contributed by atoms with Crippen molar-refractivity contribution in [3.05, 3.63) is 39.5 Å². The van der Waals surface area contributed by atoms with Crippen molar-refractivity contribution in [1.82, 2.24) is 5.32 Å². The fourth-order valence-electron chi connectivity index (χ4n) is 3.76. The van der Waals surface area contributed by atoms with Crippen LogP contribution < -0.4 is 15.6 Å². The molecule has 2 aliphatic heterocycles. The lowest BCUT2D eigenvalue weighted by Crippen LogP contribution is -2.36. The molecule has 0 radical (unpaired) electrons. The van der Waals surface area contributed by atoms with E-state index in [-0.39, 0.29) is 17.9 Å². The predicted octanol–water partition coefficient (Wildman–Crippen LogP) is 1.68. The van der Waals surface area contributed by atoms with Crippen molar-refractivity contribution >= 4 is 22.8 Å². The quantitative estimate of drug-likeness (QED) is 0.859. The fourth-order valence-corrected chi connectivity index (χ4v) is 3.76. The van der Waals surface area contributed by atoms with E-state index in [2.05, 4.69) is 5.32 Å². The molecule has 138 valence electrons. The van der Waals surface area contributed by atoms with E-state index in [0.717, 1.165) is 24.9 Å². The van der Waals surface area contributed by atoms with Gasteiger partial charge in [-0.15, -0.1) is 0 Å². The normalized spacial score (nSPS) is 20.6. The molecule has 1 atom stereocenters. The number of benzene rings is 1. The number of anilines is 1. The van der Waals surface area contributed by atoms with Gasteiger partial charge in [-0.1, -0.05) is 0 Å². The molecule has 1 aromatic carbocycles. The van der Waals surface area contributed by atoms with Gasteiger partial charge in [-0.25, -0.2) is 0 Å². The number of aliphatic carboxylic acids is 1. The largest absolute Gasteiger partial charge is 0.481 e. The lowest BCUT2D eigenvalue weighted by atomic mass is 9.97. The summed E-state index contributed by atoms with van der Waals surface area (Å²) in [5.74, 6) is -0.361. The van der Waals surface area contributed by atoms with E-state index in [1.807, 2.05) is 11.0 Å². The van der Waals surface area contributed by atoms with Crippen molar-refractivity contribution in [2.45, 2.75) is 25.3 Å². The summed E-state index contributed by atoms with van der Waals surface area (Å²) in [6, 6.07) is 5.10. The van der Waals surface area contributed by atoms with Crippen LogP contribution in [0.15, 0.2) is 27.4 Å². The van der Waals surface area contributed by atoms with Crippen LogP contribution in [-0.2, 0) is 16.0 Å². The highest BCUT2D eigenvalue weighted by Gasteiger charge is 2.23. The molecule has 3 heterocycles. The number of rotatable bonds is 4. The third kappa shape index (κ3) is 3.32. The first-order chi connectivity index (χ1) is 12.6. The van der Waals surface area contributed by atoms with Gasteiger partial charge in [0.25, 0.3) is 0 Å². The molecule has 7 heteroatoms. The van der Waals surface area contributed by atoms with Crippen molar-refractivity contribution in [2.24, 2.45) is 0 Å². The Bertz CT molecular complexity index is 879. The second kappa shape index (κ2) is 7.09. The van der Waals surface area contributed by atoms with Gasteiger partial charge in [0.05, 0.1) is 25.0 Å².